The highest BCUT2D eigenvalue weighted by Gasteiger charge is 2.20. The average molecular weight is 305 g/mol. The number of rotatable bonds is 4. The van der Waals surface area contributed by atoms with E-state index in [1.807, 2.05) is 12.1 Å². The van der Waals surface area contributed by atoms with Crippen LogP contribution < -0.4 is 11.1 Å². The fourth-order valence-corrected chi connectivity index (χ4v) is 2.40. The topological polar surface area (TPSA) is 85.1 Å². The zero-order chi connectivity index (χ0) is 16.2. The lowest BCUT2D eigenvalue weighted by Crippen LogP contribution is -2.37. The number of nitrogens with zero attached hydrogens (tertiary/aromatic N) is 1. The van der Waals surface area contributed by atoms with E-state index in [-0.39, 0.29) is 5.91 Å². The van der Waals surface area contributed by atoms with Crippen molar-refractivity contribution in [2.45, 2.75) is 6.04 Å². The number of fused-ring (bicyclic) bond motifs is 1. The molecule has 0 bridgehead atoms. The molecule has 114 valence electrons. The van der Waals surface area contributed by atoms with Crippen LogP contribution in [0.25, 0.3) is 10.9 Å². The van der Waals surface area contributed by atoms with Crippen molar-refractivity contribution in [1.82, 2.24) is 10.3 Å². The van der Waals surface area contributed by atoms with Gasteiger partial charge in [0.05, 0.1) is 5.52 Å². The van der Waals surface area contributed by atoms with Crippen LogP contribution in [0, 0.1) is 0 Å². The highest BCUT2D eigenvalue weighted by molar-refractivity contribution is 6.00. The molecule has 1 aromatic heterocycles. The van der Waals surface area contributed by atoms with E-state index in [1.54, 1.807) is 54.7 Å². The van der Waals surface area contributed by atoms with Crippen LogP contribution in [0.15, 0.2) is 66.9 Å². The van der Waals surface area contributed by atoms with Crippen LogP contribution in [0.5, 0.6) is 0 Å². The molecule has 1 heterocycles. The summed E-state index contributed by atoms with van der Waals surface area (Å²) in [6, 6.07) is 16.9. The molecule has 0 aliphatic heterocycles. The average Bonchev–Trinajstić information content (AvgIpc) is 2.59. The van der Waals surface area contributed by atoms with Gasteiger partial charge in [0.25, 0.3) is 5.91 Å². The van der Waals surface area contributed by atoms with Crippen molar-refractivity contribution in [2.24, 2.45) is 5.73 Å². The Kier molecular flexibility index (Phi) is 4.01. The molecule has 3 rings (SSSR count). The molecule has 1 unspecified atom stereocenters. The van der Waals surface area contributed by atoms with E-state index < -0.39 is 11.9 Å². The van der Waals surface area contributed by atoms with Gasteiger partial charge in [0, 0.05) is 17.1 Å². The first-order valence-corrected chi connectivity index (χ1v) is 7.15. The number of benzene rings is 2. The van der Waals surface area contributed by atoms with Gasteiger partial charge in [-0.2, -0.15) is 0 Å². The van der Waals surface area contributed by atoms with Crippen molar-refractivity contribution in [3.8, 4) is 0 Å². The first-order valence-electron chi connectivity index (χ1n) is 7.15. The fraction of sp³-hybridized carbons (Fsp3) is 0.0556. The molecule has 3 N–H and O–H groups in total. The van der Waals surface area contributed by atoms with Gasteiger partial charge in [-0.05, 0) is 29.8 Å². The number of nitrogens with two attached hydrogens (primary N) is 1. The van der Waals surface area contributed by atoms with E-state index in [0.29, 0.717) is 11.1 Å². The minimum Gasteiger partial charge on any atom is -0.368 e. The number of amides is 2. The number of primary amides is 1. The Morgan fingerprint density at radius 3 is 2.52 bits per heavy atom. The molecule has 5 nitrogen and oxygen atoms in total. The van der Waals surface area contributed by atoms with Gasteiger partial charge < -0.3 is 11.1 Å². The summed E-state index contributed by atoms with van der Waals surface area (Å²) >= 11 is 0. The van der Waals surface area contributed by atoms with Crippen LogP contribution in [0.4, 0.5) is 0 Å². The van der Waals surface area contributed by atoms with Gasteiger partial charge in [0.15, 0.2) is 0 Å². The molecule has 0 spiro atoms. The van der Waals surface area contributed by atoms with Crippen LogP contribution in [0.3, 0.4) is 0 Å². The van der Waals surface area contributed by atoms with E-state index in [4.69, 9.17) is 5.73 Å². The lowest BCUT2D eigenvalue weighted by atomic mass is 10.1. The predicted molar refractivity (Wildman–Crippen MR) is 87.6 cm³/mol. The van der Waals surface area contributed by atoms with Crippen LogP contribution in [-0.2, 0) is 4.79 Å². The molecule has 2 amide bonds. The monoisotopic (exact) mass is 305 g/mol. The highest BCUT2D eigenvalue weighted by atomic mass is 16.2. The Morgan fingerprint density at radius 1 is 1.00 bits per heavy atom. The van der Waals surface area contributed by atoms with Crippen molar-refractivity contribution >= 4 is 22.7 Å². The molecule has 0 radical (unpaired) electrons. The first-order chi connectivity index (χ1) is 11.1. The second kappa shape index (κ2) is 6.27. The van der Waals surface area contributed by atoms with Crippen molar-refractivity contribution in [3.63, 3.8) is 0 Å². The van der Waals surface area contributed by atoms with Crippen LogP contribution >= 0.6 is 0 Å². The molecule has 0 fully saturated rings. The van der Waals surface area contributed by atoms with E-state index >= 15 is 0 Å². The van der Waals surface area contributed by atoms with E-state index in [2.05, 4.69) is 10.3 Å². The van der Waals surface area contributed by atoms with Gasteiger partial charge in [-0.15, -0.1) is 0 Å². The van der Waals surface area contributed by atoms with Gasteiger partial charge >= 0.3 is 0 Å². The SMILES string of the molecule is NC(=O)C(NC(=O)c1ccc2ncccc2c1)c1ccccc1. The molecule has 23 heavy (non-hydrogen) atoms. The number of aromatic nitrogens is 1. The first kappa shape index (κ1) is 14.7. The predicted octanol–water partition coefficient (Wildman–Crippen LogP) is 2.19. The van der Waals surface area contributed by atoms with E-state index in [9.17, 15) is 9.59 Å². The molecular weight excluding hydrogens is 290 g/mol. The minimum atomic E-state index is -0.867. The van der Waals surface area contributed by atoms with Gasteiger partial charge in [0.2, 0.25) is 5.91 Å². The fourth-order valence-electron chi connectivity index (χ4n) is 2.40. The van der Waals surface area contributed by atoms with Crippen molar-refractivity contribution in [1.29, 1.82) is 0 Å². The lowest BCUT2D eigenvalue weighted by Gasteiger charge is -2.16. The van der Waals surface area contributed by atoms with Crippen LogP contribution in [-0.4, -0.2) is 16.8 Å². The Labute approximate surface area is 133 Å². The van der Waals surface area contributed by atoms with Gasteiger partial charge in [-0.3, -0.25) is 14.6 Å². The van der Waals surface area contributed by atoms with E-state index in [0.717, 1.165) is 10.9 Å². The Balaban J connectivity index is 1.87. The summed E-state index contributed by atoms with van der Waals surface area (Å²) in [5, 5.41) is 3.54. The largest absolute Gasteiger partial charge is 0.368 e. The summed E-state index contributed by atoms with van der Waals surface area (Å²) < 4.78 is 0. The molecule has 0 aliphatic rings. The van der Waals surface area contributed by atoms with Crippen molar-refractivity contribution in [3.05, 3.63) is 78.0 Å². The third-order valence-corrected chi connectivity index (χ3v) is 3.56. The number of nitrogens with one attached hydrogen (secondary N) is 1. The summed E-state index contributed by atoms with van der Waals surface area (Å²) in [6.07, 6.45) is 1.70. The molecule has 2 aromatic carbocycles. The zero-order valence-electron chi connectivity index (χ0n) is 12.3. The summed E-state index contributed by atoms with van der Waals surface area (Å²) in [4.78, 5) is 28.3. The van der Waals surface area contributed by atoms with Gasteiger partial charge in [0.1, 0.15) is 6.04 Å². The summed E-state index contributed by atoms with van der Waals surface area (Å²) in [5.74, 6) is -0.963. The Bertz CT molecular complexity index is 862. The summed E-state index contributed by atoms with van der Waals surface area (Å²) in [6.45, 7) is 0. The van der Waals surface area contributed by atoms with Crippen LogP contribution in [0.1, 0.15) is 22.0 Å². The van der Waals surface area contributed by atoms with Crippen LogP contribution in [0.2, 0.25) is 0 Å². The molecule has 5 heteroatoms. The van der Waals surface area contributed by atoms with Gasteiger partial charge in [-0.1, -0.05) is 36.4 Å². The molecule has 1 atom stereocenters. The number of carbonyl (C=O) groups excluding carboxylic acids is 2. The van der Waals surface area contributed by atoms with Crippen molar-refractivity contribution in [2.75, 3.05) is 0 Å². The molecule has 0 saturated carbocycles. The maximum absolute atomic E-state index is 12.4. The Morgan fingerprint density at radius 2 is 1.78 bits per heavy atom. The molecule has 0 aliphatic carbocycles. The third-order valence-electron chi connectivity index (χ3n) is 3.56. The molecule has 3 aromatic rings. The highest BCUT2D eigenvalue weighted by Crippen LogP contribution is 2.16. The second-order valence-electron chi connectivity index (χ2n) is 5.13. The van der Waals surface area contributed by atoms with E-state index in [1.165, 1.54) is 0 Å². The van der Waals surface area contributed by atoms with Gasteiger partial charge in [-0.25, -0.2) is 0 Å². The number of hydrogen-bond acceptors (Lipinski definition) is 3. The zero-order valence-corrected chi connectivity index (χ0v) is 12.3. The third kappa shape index (κ3) is 3.18. The molecule has 0 saturated heterocycles. The summed E-state index contributed by atoms with van der Waals surface area (Å²) in [5.41, 5.74) is 7.33. The van der Waals surface area contributed by atoms with Crippen molar-refractivity contribution < 1.29 is 9.59 Å². The quantitative estimate of drug-likeness (QED) is 0.775. The standard InChI is InChI=1S/C18H15N3O2/c19-17(22)16(12-5-2-1-3-6-12)21-18(23)14-8-9-15-13(11-14)7-4-10-20-15/h1-11,16H,(H2,19,22)(H,21,23). The lowest BCUT2D eigenvalue weighted by molar-refractivity contribution is -0.120. The maximum atomic E-state index is 12.4. The minimum absolute atomic E-state index is 0.358. The second-order valence-corrected chi connectivity index (χ2v) is 5.13. The molecular formula is C18H15N3O2. The maximum Gasteiger partial charge on any atom is 0.252 e. The number of pyridine rings is 1. The Hall–Kier alpha value is -3.21. The number of hydrogen-bond donors (Lipinski definition) is 2. The number of carbonyl (C=O) groups is 2. The summed E-state index contributed by atoms with van der Waals surface area (Å²) in [7, 11) is 0. The smallest absolute Gasteiger partial charge is 0.252 e. The normalized spacial score (nSPS) is 11.8.